The number of halogens is 1. The zero-order chi connectivity index (χ0) is 17.4. The number of para-hydroxylation sites is 1. The number of hydrogen-bond donors (Lipinski definition) is 2. The number of benzene rings is 2. The molecule has 0 radical (unpaired) electrons. The maximum absolute atomic E-state index is 12.2. The van der Waals surface area contributed by atoms with E-state index in [2.05, 4.69) is 12.2 Å². The van der Waals surface area contributed by atoms with Crippen LogP contribution in [0.15, 0.2) is 42.5 Å². The Morgan fingerprint density at radius 3 is 2.64 bits per heavy atom. The van der Waals surface area contributed by atoms with E-state index < -0.39 is 0 Å². The van der Waals surface area contributed by atoms with E-state index in [4.69, 9.17) is 10.5 Å². The molecule has 25 heavy (non-hydrogen) atoms. The summed E-state index contributed by atoms with van der Waals surface area (Å²) in [5, 5.41) is 2.96. The fraction of sp³-hybridized carbons (Fsp3) is 0.350. The lowest BCUT2D eigenvalue weighted by molar-refractivity contribution is -0.116. The molecule has 4 nitrogen and oxygen atoms in total. The Morgan fingerprint density at radius 2 is 1.96 bits per heavy atom. The van der Waals surface area contributed by atoms with Gasteiger partial charge in [0.2, 0.25) is 5.91 Å². The Labute approximate surface area is 156 Å². The van der Waals surface area contributed by atoms with Gasteiger partial charge in [0, 0.05) is 17.8 Å². The van der Waals surface area contributed by atoms with Crippen LogP contribution in [0.3, 0.4) is 0 Å². The highest BCUT2D eigenvalue weighted by molar-refractivity contribution is 5.91. The van der Waals surface area contributed by atoms with E-state index in [9.17, 15) is 4.79 Å². The monoisotopic (exact) mass is 362 g/mol. The van der Waals surface area contributed by atoms with Crippen molar-refractivity contribution < 1.29 is 9.53 Å². The Balaban J connectivity index is 0.00000312. The van der Waals surface area contributed by atoms with Crippen LogP contribution in [-0.2, 0) is 11.2 Å². The summed E-state index contributed by atoms with van der Waals surface area (Å²) in [5.74, 6) is 0.831. The van der Waals surface area contributed by atoms with Gasteiger partial charge < -0.3 is 15.8 Å². The molecular formula is C20H27ClN2O2. The molecule has 2 aromatic carbocycles. The summed E-state index contributed by atoms with van der Waals surface area (Å²) in [6.07, 6.45) is 3.19. The van der Waals surface area contributed by atoms with Crippen molar-refractivity contribution in [2.24, 2.45) is 0 Å². The number of aryl methyl sites for hydroxylation is 2. The summed E-state index contributed by atoms with van der Waals surface area (Å²) in [6.45, 7) is 4.83. The maximum Gasteiger partial charge on any atom is 0.224 e. The summed E-state index contributed by atoms with van der Waals surface area (Å²) in [7, 11) is 0. The zero-order valence-electron chi connectivity index (χ0n) is 14.9. The number of anilines is 2. The summed E-state index contributed by atoms with van der Waals surface area (Å²) < 4.78 is 5.68. The molecule has 3 N–H and O–H groups in total. The lowest BCUT2D eigenvalue weighted by Gasteiger charge is -2.11. The smallest absolute Gasteiger partial charge is 0.224 e. The molecule has 0 bridgehead atoms. The van der Waals surface area contributed by atoms with E-state index in [1.165, 1.54) is 0 Å². The maximum atomic E-state index is 12.2. The Morgan fingerprint density at radius 1 is 1.20 bits per heavy atom. The largest absolute Gasteiger partial charge is 0.494 e. The molecule has 5 heteroatoms. The van der Waals surface area contributed by atoms with Gasteiger partial charge in [-0.05, 0) is 55.2 Å². The van der Waals surface area contributed by atoms with Gasteiger partial charge in [-0.2, -0.15) is 0 Å². The number of ether oxygens (including phenoxy) is 1. The van der Waals surface area contributed by atoms with Crippen molar-refractivity contribution in [3.8, 4) is 5.75 Å². The van der Waals surface area contributed by atoms with Crippen LogP contribution in [0.1, 0.15) is 37.3 Å². The van der Waals surface area contributed by atoms with Crippen LogP contribution in [0.2, 0.25) is 0 Å². The second-order valence-corrected chi connectivity index (χ2v) is 5.93. The topological polar surface area (TPSA) is 64.3 Å². The fourth-order valence-corrected chi connectivity index (χ4v) is 2.42. The first-order chi connectivity index (χ1) is 11.6. The molecule has 2 rings (SSSR count). The van der Waals surface area contributed by atoms with Gasteiger partial charge in [0.25, 0.3) is 0 Å². The molecule has 2 aromatic rings. The van der Waals surface area contributed by atoms with E-state index in [1.54, 1.807) is 0 Å². The molecule has 0 unspecified atom stereocenters. The van der Waals surface area contributed by atoms with Gasteiger partial charge in [0.15, 0.2) is 0 Å². The minimum Gasteiger partial charge on any atom is -0.494 e. The molecule has 0 aliphatic heterocycles. The average Bonchev–Trinajstić information content (AvgIpc) is 2.57. The summed E-state index contributed by atoms with van der Waals surface area (Å²) >= 11 is 0. The van der Waals surface area contributed by atoms with Crippen LogP contribution in [0.5, 0.6) is 5.75 Å². The van der Waals surface area contributed by atoms with E-state index >= 15 is 0 Å². The molecule has 0 spiro atoms. The van der Waals surface area contributed by atoms with E-state index in [-0.39, 0.29) is 18.3 Å². The lowest BCUT2D eigenvalue weighted by atomic mass is 10.1. The Hall–Kier alpha value is -2.20. The SMILES string of the molecule is CCCCOc1ccc(NC(=O)CCc2ccccc2N)c(C)c1.Cl. The molecule has 0 atom stereocenters. The standard InChI is InChI=1S/C20H26N2O2.ClH/c1-3-4-13-24-17-10-11-19(15(2)14-17)22-20(23)12-9-16-7-5-6-8-18(16)21;/h5-8,10-11,14H,3-4,9,12-13,21H2,1-2H3,(H,22,23);1H. The number of rotatable bonds is 8. The zero-order valence-corrected chi connectivity index (χ0v) is 15.7. The van der Waals surface area contributed by atoms with E-state index in [0.717, 1.165) is 47.7 Å². The second-order valence-electron chi connectivity index (χ2n) is 5.93. The van der Waals surface area contributed by atoms with Gasteiger partial charge in [0.1, 0.15) is 5.75 Å². The number of nitrogens with one attached hydrogen (secondary N) is 1. The molecule has 0 heterocycles. The van der Waals surface area contributed by atoms with Crippen LogP contribution in [0.4, 0.5) is 11.4 Å². The fourth-order valence-electron chi connectivity index (χ4n) is 2.42. The molecule has 0 fully saturated rings. The van der Waals surface area contributed by atoms with Gasteiger partial charge in [-0.25, -0.2) is 0 Å². The van der Waals surface area contributed by atoms with Crippen molar-refractivity contribution in [2.75, 3.05) is 17.7 Å². The molecular weight excluding hydrogens is 336 g/mol. The van der Waals surface area contributed by atoms with Crippen LogP contribution < -0.4 is 15.8 Å². The van der Waals surface area contributed by atoms with Crippen LogP contribution in [-0.4, -0.2) is 12.5 Å². The Bertz CT molecular complexity index is 689. The normalized spacial score (nSPS) is 10.0. The number of hydrogen-bond acceptors (Lipinski definition) is 3. The highest BCUT2D eigenvalue weighted by Gasteiger charge is 2.07. The minimum atomic E-state index is -0.0130. The number of nitrogens with two attached hydrogens (primary N) is 1. The van der Waals surface area contributed by atoms with Crippen molar-refractivity contribution in [3.05, 3.63) is 53.6 Å². The van der Waals surface area contributed by atoms with Gasteiger partial charge in [-0.3, -0.25) is 4.79 Å². The minimum absolute atomic E-state index is 0. The van der Waals surface area contributed by atoms with Crippen molar-refractivity contribution in [1.82, 2.24) is 0 Å². The number of nitrogen functional groups attached to an aromatic ring is 1. The molecule has 0 aliphatic rings. The Kier molecular flexibility index (Phi) is 8.86. The van der Waals surface area contributed by atoms with Crippen molar-refractivity contribution in [3.63, 3.8) is 0 Å². The first-order valence-corrected chi connectivity index (χ1v) is 8.47. The van der Waals surface area contributed by atoms with Crippen molar-refractivity contribution in [2.45, 2.75) is 39.5 Å². The third-order valence-electron chi connectivity index (χ3n) is 3.92. The summed E-state index contributed by atoms with van der Waals surface area (Å²) in [5.41, 5.74) is 9.46. The van der Waals surface area contributed by atoms with Crippen LogP contribution >= 0.6 is 12.4 Å². The quantitative estimate of drug-likeness (QED) is 0.526. The lowest BCUT2D eigenvalue weighted by Crippen LogP contribution is -2.13. The number of carbonyl (C=O) groups is 1. The van der Waals surface area contributed by atoms with Gasteiger partial charge >= 0.3 is 0 Å². The first-order valence-electron chi connectivity index (χ1n) is 8.47. The van der Waals surface area contributed by atoms with Crippen molar-refractivity contribution in [1.29, 1.82) is 0 Å². The molecule has 0 aromatic heterocycles. The van der Waals surface area contributed by atoms with Gasteiger partial charge in [-0.15, -0.1) is 12.4 Å². The van der Waals surface area contributed by atoms with Gasteiger partial charge in [-0.1, -0.05) is 31.5 Å². The highest BCUT2D eigenvalue weighted by Crippen LogP contribution is 2.22. The first kappa shape index (κ1) is 20.8. The summed E-state index contributed by atoms with van der Waals surface area (Å²) in [4.78, 5) is 12.2. The molecule has 0 aliphatic carbocycles. The number of unbranched alkanes of at least 4 members (excludes halogenated alkanes) is 1. The second kappa shape index (κ2) is 10.6. The van der Waals surface area contributed by atoms with Crippen molar-refractivity contribution >= 4 is 29.7 Å². The predicted octanol–water partition coefficient (Wildman–Crippen LogP) is 4.75. The van der Waals surface area contributed by atoms with E-state index in [1.807, 2.05) is 49.4 Å². The van der Waals surface area contributed by atoms with Crippen LogP contribution in [0, 0.1) is 6.92 Å². The number of carbonyl (C=O) groups excluding carboxylic acids is 1. The van der Waals surface area contributed by atoms with E-state index in [0.29, 0.717) is 12.8 Å². The van der Waals surface area contributed by atoms with Gasteiger partial charge in [0.05, 0.1) is 6.61 Å². The summed E-state index contributed by atoms with van der Waals surface area (Å²) in [6, 6.07) is 13.4. The molecule has 0 saturated heterocycles. The third kappa shape index (κ3) is 6.67. The average molecular weight is 363 g/mol. The highest BCUT2D eigenvalue weighted by atomic mass is 35.5. The third-order valence-corrected chi connectivity index (χ3v) is 3.92. The molecule has 1 amide bonds. The predicted molar refractivity (Wildman–Crippen MR) is 107 cm³/mol. The molecule has 0 saturated carbocycles. The molecule has 136 valence electrons. The number of amides is 1. The van der Waals surface area contributed by atoms with Crippen LogP contribution in [0.25, 0.3) is 0 Å².